The zero-order chi connectivity index (χ0) is 13.8. The Morgan fingerprint density at radius 2 is 2.22 bits per heavy atom. The monoisotopic (exact) mass is 290 g/mol. The zero-order valence-electron chi connectivity index (χ0n) is 9.44. The van der Waals surface area contributed by atoms with E-state index in [1.54, 1.807) is 6.92 Å². The van der Waals surface area contributed by atoms with Crippen LogP contribution >= 0.6 is 10.7 Å². The fourth-order valence-corrected chi connectivity index (χ4v) is 2.05. The highest BCUT2D eigenvalue weighted by molar-refractivity contribution is 8.13. The minimum Gasteiger partial charge on any atom is -0.493 e. The number of hydrogen-bond acceptors (Lipinski definition) is 5. The maximum absolute atomic E-state index is 11.2. The van der Waals surface area contributed by atoms with Crippen LogP contribution in [-0.2, 0) is 13.8 Å². The van der Waals surface area contributed by atoms with Gasteiger partial charge in [-0.3, -0.25) is 10.2 Å². The van der Waals surface area contributed by atoms with Crippen molar-refractivity contribution >= 4 is 32.0 Å². The molecule has 0 unspecified atom stereocenters. The van der Waals surface area contributed by atoms with E-state index >= 15 is 0 Å². The standard InChI is InChI=1S/C10H11ClN2O4S/c1-2-17-9-4-3-7(18(11,15)16)5-8(9)10(12)13-6-14/h3-6H,2H2,1H3,(H2,12,13,14). The molecule has 0 heterocycles. The van der Waals surface area contributed by atoms with Gasteiger partial charge in [0.1, 0.15) is 11.6 Å². The first-order valence-corrected chi connectivity index (χ1v) is 7.21. The van der Waals surface area contributed by atoms with Crippen LogP contribution in [0.2, 0.25) is 0 Å². The molecule has 8 heteroatoms. The van der Waals surface area contributed by atoms with Crippen molar-refractivity contribution in [1.82, 2.24) is 5.32 Å². The van der Waals surface area contributed by atoms with Crippen LogP contribution in [-0.4, -0.2) is 27.3 Å². The van der Waals surface area contributed by atoms with Crippen molar-refractivity contribution in [3.63, 3.8) is 0 Å². The molecule has 1 aromatic carbocycles. The van der Waals surface area contributed by atoms with Gasteiger partial charge in [-0.1, -0.05) is 0 Å². The summed E-state index contributed by atoms with van der Waals surface area (Å²) in [7, 11) is 1.31. The summed E-state index contributed by atoms with van der Waals surface area (Å²) in [6, 6.07) is 3.83. The van der Waals surface area contributed by atoms with Gasteiger partial charge in [0.05, 0.1) is 17.1 Å². The van der Waals surface area contributed by atoms with Crippen LogP contribution in [0, 0.1) is 5.41 Å². The van der Waals surface area contributed by atoms with Crippen LogP contribution in [0.25, 0.3) is 0 Å². The van der Waals surface area contributed by atoms with Crippen molar-refractivity contribution in [2.75, 3.05) is 6.61 Å². The minimum atomic E-state index is -3.90. The number of nitrogens with one attached hydrogen (secondary N) is 2. The summed E-state index contributed by atoms with van der Waals surface area (Å²) in [5, 5.41) is 9.71. The molecule has 6 nitrogen and oxygen atoms in total. The number of amides is 1. The molecular weight excluding hydrogens is 280 g/mol. The molecule has 0 atom stereocenters. The van der Waals surface area contributed by atoms with Gasteiger partial charge in [0.15, 0.2) is 0 Å². The molecule has 18 heavy (non-hydrogen) atoms. The molecular formula is C10H11ClN2O4S. The van der Waals surface area contributed by atoms with Gasteiger partial charge >= 0.3 is 0 Å². The van der Waals surface area contributed by atoms with Gasteiger partial charge in [-0.05, 0) is 25.1 Å². The highest BCUT2D eigenvalue weighted by atomic mass is 35.7. The molecule has 0 spiro atoms. The Labute approximate surface area is 109 Å². The van der Waals surface area contributed by atoms with Crippen molar-refractivity contribution in [3.05, 3.63) is 23.8 Å². The Kier molecular flexibility index (Phi) is 4.69. The second-order valence-electron chi connectivity index (χ2n) is 3.17. The van der Waals surface area contributed by atoms with E-state index < -0.39 is 9.05 Å². The fraction of sp³-hybridized carbons (Fsp3) is 0.200. The summed E-state index contributed by atoms with van der Waals surface area (Å²) in [5.74, 6) is 0.0246. The first-order valence-electron chi connectivity index (χ1n) is 4.90. The van der Waals surface area contributed by atoms with E-state index in [0.717, 1.165) is 0 Å². The Balaban J connectivity index is 3.32. The van der Waals surface area contributed by atoms with Crippen molar-refractivity contribution in [3.8, 4) is 5.75 Å². The van der Waals surface area contributed by atoms with Crippen LogP contribution < -0.4 is 10.1 Å². The molecule has 0 radical (unpaired) electrons. The maximum Gasteiger partial charge on any atom is 0.261 e. The van der Waals surface area contributed by atoms with Gasteiger partial charge in [0.2, 0.25) is 6.41 Å². The normalized spacial score (nSPS) is 10.8. The van der Waals surface area contributed by atoms with E-state index in [0.29, 0.717) is 18.8 Å². The fourth-order valence-electron chi connectivity index (χ4n) is 1.27. The Bertz CT molecular complexity index is 571. The largest absolute Gasteiger partial charge is 0.493 e. The third-order valence-electron chi connectivity index (χ3n) is 2.01. The molecule has 1 rings (SSSR count). The highest BCUT2D eigenvalue weighted by Gasteiger charge is 2.16. The maximum atomic E-state index is 11.2. The number of hydrogen-bond donors (Lipinski definition) is 2. The summed E-state index contributed by atoms with van der Waals surface area (Å²) in [6.07, 6.45) is 0.319. The predicted molar refractivity (Wildman–Crippen MR) is 66.7 cm³/mol. The molecule has 1 aromatic rings. The average molecular weight is 291 g/mol. The Hall–Kier alpha value is -1.60. The lowest BCUT2D eigenvalue weighted by Crippen LogP contribution is -2.22. The molecule has 0 aliphatic heterocycles. The molecule has 0 saturated carbocycles. The number of halogens is 1. The number of benzene rings is 1. The van der Waals surface area contributed by atoms with E-state index in [1.165, 1.54) is 18.2 Å². The molecule has 0 fully saturated rings. The lowest BCUT2D eigenvalue weighted by molar-refractivity contribution is -0.108. The van der Waals surface area contributed by atoms with Crippen LogP contribution in [0.3, 0.4) is 0 Å². The van der Waals surface area contributed by atoms with Crippen LogP contribution in [0.1, 0.15) is 12.5 Å². The summed E-state index contributed by atoms with van der Waals surface area (Å²) < 4.78 is 27.6. The second kappa shape index (κ2) is 5.83. The number of ether oxygens (including phenoxy) is 1. The molecule has 1 amide bonds. The number of rotatable bonds is 5. The molecule has 0 saturated heterocycles. The van der Waals surface area contributed by atoms with Gasteiger partial charge in [0.25, 0.3) is 9.05 Å². The number of carbonyl (C=O) groups is 1. The molecule has 0 aliphatic carbocycles. The summed E-state index contributed by atoms with van der Waals surface area (Å²) in [4.78, 5) is 10.1. The van der Waals surface area contributed by atoms with Gasteiger partial charge in [-0.2, -0.15) is 0 Å². The van der Waals surface area contributed by atoms with E-state index in [9.17, 15) is 13.2 Å². The van der Waals surface area contributed by atoms with Crippen LogP contribution in [0.4, 0.5) is 0 Å². The predicted octanol–water partition coefficient (Wildman–Crippen LogP) is 1.08. The van der Waals surface area contributed by atoms with Crippen molar-refractivity contribution < 1.29 is 17.9 Å². The quantitative estimate of drug-likeness (QED) is 0.367. The Morgan fingerprint density at radius 1 is 1.56 bits per heavy atom. The molecule has 0 aliphatic rings. The van der Waals surface area contributed by atoms with Gasteiger partial charge in [-0.15, -0.1) is 0 Å². The minimum absolute atomic E-state index is 0.144. The van der Waals surface area contributed by atoms with Gasteiger partial charge in [0, 0.05) is 10.7 Å². The number of carbonyl (C=O) groups excluding carboxylic acids is 1. The third kappa shape index (κ3) is 3.44. The first kappa shape index (κ1) is 14.5. The Morgan fingerprint density at radius 3 is 2.72 bits per heavy atom. The highest BCUT2D eigenvalue weighted by Crippen LogP contribution is 2.24. The van der Waals surface area contributed by atoms with Crippen molar-refractivity contribution in [2.24, 2.45) is 0 Å². The van der Waals surface area contributed by atoms with E-state index in [2.05, 4.69) is 5.32 Å². The molecule has 2 N–H and O–H groups in total. The van der Waals surface area contributed by atoms with E-state index in [4.69, 9.17) is 20.8 Å². The lowest BCUT2D eigenvalue weighted by atomic mass is 10.2. The number of amidine groups is 1. The third-order valence-corrected chi connectivity index (χ3v) is 3.36. The van der Waals surface area contributed by atoms with Crippen molar-refractivity contribution in [1.29, 1.82) is 5.41 Å². The second-order valence-corrected chi connectivity index (χ2v) is 5.73. The van der Waals surface area contributed by atoms with E-state index in [1.807, 2.05) is 0 Å². The molecule has 0 bridgehead atoms. The first-order chi connectivity index (χ1) is 8.40. The molecule has 98 valence electrons. The topological polar surface area (TPSA) is 96.3 Å². The summed E-state index contributed by atoms with van der Waals surface area (Å²) in [6.45, 7) is 2.08. The molecule has 0 aromatic heterocycles. The smallest absolute Gasteiger partial charge is 0.261 e. The SMILES string of the molecule is CCOc1ccc(S(=O)(=O)Cl)cc1C(=N)NC=O. The summed E-state index contributed by atoms with van der Waals surface area (Å²) >= 11 is 0. The summed E-state index contributed by atoms with van der Waals surface area (Å²) in [5.41, 5.74) is 0.144. The van der Waals surface area contributed by atoms with E-state index in [-0.39, 0.29) is 16.3 Å². The lowest BCUT2D eigenvalue weighted by Gasteiger charge is -2.11. The van der Waals surface area contributed by atoms with Crippen LogP contribution in [0.15, 0.2) is 23.1 Å². The zero-order valence-corrected chi connectivity index (χ0v) is 11.0. The van der Waals surface area contributed by atoms with Gasteiger partial charge in [-0.25, -0.2) is 8.42 Å². The average Bonchev–Trinajstić information content (AvgIpc) is 2.28. The van der Waals surface area contributed by atoms with Crippen molar-refractivity contribution in [2.45, 2.75) is 11.8 Å². The van der Waals surface area contributed by atoms with Crippen LogP contribution in [0.5, 0.6) is 5.75 Å². The van der Waals surface area contributed by atoms with Gasteiger partial charge < -0.3 is 10.1 Å².